The summed E-state index contributed by atoms with van der Waals surface area (Å²) < 4.78 is 12.2. The molecule has 3 heteroatoms. The van der Waals surface area contributed by atoms with E-state index in [1.54, 1.807) is 0 Å². The molecule has 0 spiro atoms. The van der Waals surface area contributed by atoms with Gasteiger partial charge in [0, 0.05) is 5.02 Å². The Bertz CT molecular complexity index is 174. The van der Waals surface area contributed by atoms with Crippen LogP contribution in [0.1, 0.15) is 0 Å². The van der Waals surface area contributed by atoms with Crippen molar-refractivity contribution in [2.75, 3.05) is 0 Å². The highest BCUT2D eigenvalue weighted by atomic mass is 35.5. The van der Waals surface area contributed by atoms with Crippen LogP contribution in [-0.4, -0.2) is 0 Å². The van der Waals surface area contributed by atoms with Gasteiger partial charge in [0.25, 0.3) is 0 Å². The van der Waals surface area contributed by atoms with E-state index in [1.807, 2.05) is 0 Å². The van der Waals surface area contributed by atoms with Crippen molar-refractivity contribution in [1.29, 1.82) is 0 Å². The number of rotatable bonds is 0. The zero-order valence-corrected chi connectivity index (χ0v) is 5.24. The highest BCUT2D eigenvalue weighted by Gasteiger charge is 1.93. The number of hydrogen-bond acceptors (Lipinski definition) is 0. The second kappa shape index (κ2) is 2.23. The second-order valence-corrected chi connectivity index (χ2v) is 2.09. The second-order valence-electron chi connectivity index (χ2n) is 1.66. The van der Waals surface area contributed by atoms with Gasteiger partial charge >= 0.3 is 0 Å². The van der Waals surface area contributed by atoms with Gasteiger partial charge in [0.1, 0.15) is 5.82 Å². The molecule has 0 aliphatic carbocycles. The lowest BCUT2D eigenvalue weighted by Crippen LogP contribution is -1.74. The van der Waals surface area contributed by atoms with Gasteiger partial charge in [-0.2, -0.15) is 0 Å². The van der Waals surface area contributed by atoms with E-state index in [-0.39, 0.29) is 10.7 Å². The van der Waals surface area contributed by atoms with Crippen LogP contribution < -0.4 is 5.73 Å². The molecule has 0 heterocycles. The molecule has 0 aliphatic rings. The zero-order valence-electron chi connectivity index (χ0n) is 4.49. The quantitative estimate of drug-likeness (QED) is 0.534. The fourth-order valence-corrected chi connectivity index (χ4v) is 0.776. The van der Waals surface area contributed by atoms with Gasteiger partial charge in [-0.15, -0.1) is 0 Å². The predicted octanol–water partition coefficient (Wildman–Crippen LogP) is 2.39. The predicted molar refractivity (Wildman–Crippen MR) is 34.2 cm³/mol. The van der Waals surface area contributed by atoms with Crippen LogP contribution in [0.2, 0.25) is 5.02 Å². The van der Waals surface area contributed by atoms with Crippen molar-refractivity contribution in [3.63, 3.8) is 0 Å². The molecule has 0 saturated heterocycles. The number of nitrogens with one attached hydrogen (secondary N) is 1. The van der Waals surface area contributed by atoms with E-state index in [0.717, 1.165) is 6.07 Å². The van der Waals surface area contributed by atoms with Crippen LogP contribution >= 0.6 is 11.6 Å². The van der Waals surface area contributed by atoms with Gasteiger partial charge < -0.3 is 5.73 Å². The van der Waals surface area contributed by atoms with Gasteiger partial charge in [-0.25, -0.2) is 4.39 Å². The maximum atomic E-state index is 12.2. The van der Waals surface area contributed by atoms with Crippen LogP contribution in [0.5, 0.6) is 0 Å². The Balaban J connectivity index is 3.17. The molecule has 1 radical (unpaired) electrons. The Morgan fingerprint density at radius 2 is 2.00 bits per heavy atom. The molecule has 0 fully saturated rings. The summed E-state index contributed by atoms with van der Waals surface area (Å²) in [5.41, 5.74) is 7.05. The van der Waals surface area contributed by atoms with Crippen molar-refractivity contribution in [1.82, 2.24) is 5.73 Å². The van der Waals surface area contributed by atoms with E-state index < -0.39 is 5.82 Å². The summed E-state index contributed by atoms with van der Waals surface area (Å²) in [6.07, 6.45) is 0. The minimum absolute atomic E-state index is 0.0972. The molecular formula is C6H4ClFN. The fourth-order valence-electron chi connectivity index (χ4n) is 0.554. The molecule has 47 valence electrons. The Morgan fingerprint density at radius 1 is 1.33 bits per heavy atom. The summed E-state index contributed by atoms with van der Waals surface area (Å²) >= 11 is 5.39. The lowest BCUT2D eigenvalue weighted by Gasteiger charge is -1.91. The molecule has 1 aromatic rings. The van der Waals surface area contributed by atoms with E-state index in [2.05, 4.69) is 0 Å². The molecule has 0 amide bonds. The summed E-state index contributed by atoms with van der Waals surface area (Å²) in [6.45, 7) is 0. The topological polar surface area (TPSA) is 23.8 Å². The van der Waals surface area contributed by atoms with Crippen molar-refractivity contribution in [3.05, 3.63) is 29.0 Å². The zero-order chi connectivity index (χ0) is 6.85. The molecule has 0 aromatic heterocycles. The molecule has 1 rings (SSSR count). The minimum atomic E-state index is -0.465. The molecular weight excluding hydrogens is 141 g/mol. The van der Waals surface area contributed by atoms with Crippen LogP contribution in [0.15, 0.2) is 18.2 Å². The van der Waals surface area contributed by atoms with Crippen molar-refractivity contribution < 1.29 is 4.39 Å². The van der Waals surface area contributed by atoms with E-state index in [9.17, 15) is 4.39 Å². The maximum Gasteiger partial charge on any atom is 0.126 e. The van der Waals surface area contributed by atoms with Gasteiger partial charge in [0.05, 0.1) is 5.69 Å². The Hall–Kier alpha value is -0.760. The lowest BCUT2D eigenvalue weighted by atomic mass is 10.3. The molecule has 1 nitrogen and oxygen atoms in total. The average Bonchev–Trinajstić information content (AvgIpc) is 1.59. The van der Waals surface area contributed by atoms with Crippen molar-refractivity contribution in [3.8, 4) is 0 Å². The van der Waals surface area contributed by atoms with E-state index in [4.69, 9.17) is 17.3 Å². The van der Waals surface area contributed by atoms with Gasteiger partial charge in [0.2, 0.25) is 0 Å². The summed E-state index contributed by atoms with van der Waals surface area (Å²) in [6, 6.07) is 3.65. The molecule has 0 unspecified atom stereocenters. The van der Waals surface area contributed by atoms with Crippen LogP contribution in [0.25, 0.3) is 0 Å². The van der Waals surface area contributed by atoms with Crippen molar-refractivity contribution >= 4 is 17.3 Å². The highest BCUT2D eigenvalue weighted by Crippen LogP contribution is 2.15. The first kappa shape index (κ1) is 6.36. The maximum absolute atomic E-state index is 12.2. The first-order valence-electron chi connectivity index (χ1n) is 2.36. The normalized spacial score (nSPS) is 9.56. The molecule has 0 saturated carbocycles. The molecule has 1 N–H and O–H groups in total. The SMILES string of the molecule is [NH]c1cc(F)cc(Cl)c1. The Morgan fingerprint density at radius 3 is 2.44 bits per heavy atom. The largest absolute Gasteiger partial charge is 0.301 e. The van der Waals surface area contributed by atoms with Crippen LogP contribution in [0.4, 0.5) is 10.1 Å². The molecule has 0 atom stereocenters. The Labute approximate surface area is 57.2 Å². The van der Waals surface area contributed by atoms with Gasteiger partial charge in [-0.1, -0.05) is 11.6 Å². The number of hydrogen-bond donors (Lipinski definition) is 0. The summed E-state index contributed by atoms with van der Waals surface area (Å²) in [4.78, 5) is 0. The molecule has 1 aromatic carbocycles. The summed E-state index contributed by atoms with van der Waals surface area (Å²) in [7, 11) is 0. The number of halogens is 2. The third-order valence-electron chi connectivity index (χ3n) is 0.863. The summed E-state index contributed by atoms with van der Waals surface area (Å²) in [5.74, 6) is -0.465. The molecule has 9 heavy (non-hydrogen) atoms. The van der Waals surface area contributed by atoms with E-state index >= 15 is 0 Å². The monoisotopic (exact) mass is 144 g/mol. The van der Waals surface area contributed by atoms with E-state index in [0.29, 0.717) is 0 Å². The fraction of sp³-hybridized carbons (Fsp3) is 0. The average molecular weight is 145 g/mol. The standard InChI is InChI=1S/C6H4ClFN/c7-4-1-5(8)3-6(9)2-4/h1-3,9H. The van der Waals surface area contributed by atoms with Gasteiger partial charge in [-0.3, -0.25) is 0 Å². The highest BCUT2D eigenvalue weighted by molar-refractivity contribution is 6.30. The Kier molecular flexibility index (Phi) is 1.58. The molecule has 0 bridgehead atoms. The van der Waals surface area contributed by atoms with Crippen LogP contribution in [0, 0.1) is 5.82 Å². The first-order valence-corrected chi connectivity index (χ1v) is 2.74. The van der Waals surface area contributed by atoms with Gasteiger partial charge in [0.15, 0.2) is 0 Å². The van der Waals surface area contributed by atoms with Crippen molar-refractivity contribution in [2.45, 2.75) is 0 Å². The summed E-state index contributed by atoms with van der Waals surface area (Å²) in [5, 5.41) is 0.264. The molecule has 0 aliphatic heterocycles. The minimum Gasteiger partial charge on any atom is -0.301 e. The lowest BCUT2D eigenvalue weighted by molar-refractivity contribution is 0.628. The van der Waals surface area contributed by atoms with Crippen LogP contribution in [0.3, 0.4) is 0 Å². The smallest absolute Gasteiger partial charge is 0.126 e. The van der Waals surface area contributed by atoms with Gasteiger partial charge in [-0.05, 0) is 18.2 Å². The van der Waals surface area contributed by atoms with E-state index in [1.165, 1.54) is 12.1 Å². The van der Waals surface area contributed by atoms with Crippen LogP contribution in [-0.2, 0) is 0 Å². The van der Waals surface area contributed by atoms with Crippen molar-refractivity contribution in [2.24, 2.45) is 0 Å². The third-order valence-corrected chi connectivity index (χ3v) is 1.08. The number of benzene rings is 1. The first-order chi connectivity index (χ1) is 4.18. The third kappa shape index (κ3) is 1.57.